The lowest BCUT2D eigenvalue weighted by atomic mass is 10.1. The molecule has 4 aromatic heterocycles. The maximum absolute atomic E-state index is 5.23. The van der Waals surface area contributed by atoms with Crippen molar-refractivity contribution in [2.45, 2.75) is 0 Å². The number of pyridine rings is 1. The van der Waals surface area contributed by atoms with E-state index < -0.39 is 8.07 Å². The van der Waals surface area contributed by atoms with E-state index in [-0.39, 0.29) is 0 Å². The molecule has 8 aromatic carbocycles. The molecule has 0 unspecified atom stereocenters. The summed E-state index contributed by atoms with van der Waals surface area (Å²) in [6.45, 7) is 0. The van der Waals surface area contributed by atoms with Gasteiger partial charge in [0.2, 0.25) is 0 Å². The summed E-state index contributed by atoms with van der Waals surface area (Å²) in [4.78, 5) is 10.2. The zero-order valence-electron chi connectivity index (χ0n) is 33.5. The molecule has 0 aliphatic carbocycles. The van der Waals surface area contributed by atoms with Gasteiger partial charge in [0.05, 0.1) is 33.1 Å². The highest BCUT2D eigenvalue weighted by atomic mass is 28.3. The topological polar surface area (TPSA) is 40.6 Å². The molecule has 12 aromatic rings. The van der Waals surface area contributed by atoms with Crippen LogP contribution in [-0.2, 0) is 7.05 Å². The molecule has 0 radical (unpaired) electrons. The number of nitrogens with zero attached hydrogens (tertiary/aromatic N) is 5. The summed E-state index contributed by atoms with van der Waals surface area (Å²) < 4.78 is 7.15. The van der Waals surface area contributed by atoms with Gasteiger partial charge in [0, 0.05) is 46.0 Å². The Morgan fingerprint density at radius 2 is 1.02 bits per heavy atom. The van der Waals surface area contributed by atoms with Gasteiger partial charge in [-0.3, -0.25) is 4.57 Å². The standard InChI is InChI=1S/C55H39N5Si/c1-58-48-33-16-13-30-45(48)57-55(58)38-20-19-27-42(36-38)61(40-23-7-3-8-24-40,41-25-9-4-10-26-41)50-37-49-52(43-28-11-15-32-47(43)60(49)51-34-17-18-35-56-51)53-44-29-12-14-31-46(44)59(54(50)53)39-21-5-2-6-22-39/h2-37H,1H3. The second kappa shape index (κ2) is 13.9. The molecule has 0 aliphatic heterocycles. The van der Waals surface area contributed by atoms with E-state index in [1.54, 1.807) is 0 Å². The lowest BCUT2D eigenvalue weighted by Gasteiger charge is -2.36. The Morgan fingerprint density at radius 3 is 1.69 bits per heavy atom. The number of fused-ring (bicyclic) bond motifs is 8. The first-order chi connectivity index (χ1) is 30.2. The van der Waals surface area contributed by atoms with Crippen LogP contribution in [0.25, 0.3) is 77.5 Å². The van der Waals surface area contributed by atoms with Crippen LogP contribution in [0, 0.1) is 0 Å². The second-order valence-electron chi connectivity index (χ2n) is 15.8. The Bertz CT molecular complexity index is 3550. The first kappa shape index (κ1) is 35.2. The molecular weight excluding hydrogens is 759 g/mol. The van der Waals surface area contributed by atoms with Gasteiger partial charge in [-0.05, 0) is 75.3 Å². The van der Waals surface area contributed by atoms with Crippen molar-refractivity contribution in [1.82, 2.24) is 23.7 Å². The van der Waals surface area contributed by atoms with Crippen molar-refractivity contribution in [3.8, 4) is 22.9 Å². The first-order valence-corrected chi connectivity index (χ1v) is 22.8. The van der Waals surface area contributed by atoms with Crippen molar-refractivity contribution in [2.75, 3.05) is 0 Å². The van der Waals surface area contributed by atoms with E-state index in [1.807, 2.05) is 12.3 Å². The highest BCUT2D eigenvalue weighted by Crippen LogP contribution is 2.42. The minimum absolute atomic E-state index is 0.890. The second-order valence-corrected chi connectivity index (χ2v) is 19.6. The summed E-state index contributed by atoms with van der Waals surface area (Å²) in [5.74, 6) is 1.84. The van der Waals surface area contributed by atoms with Gasteiger partial charge in [-0.25, -0.2) is 9.97 Å². The number of aryl methyl sites for hydroxylation is 1. The molecule has 0 aliphatic rings. The van der Waals surface area contributed by atoms with Crippen LogP contribution in [0.3, 0.4) is 0 Å². The Balaban J connectivity index is 1.34. The van der Waals surface area contributed by atoms with Crippen LogP contribution in [0.15, 0.2) is 219 Å². The monoisotopic (exact) mass is 797 g/mol. The van der Waals surface area contributed by atoms with Gasteiger partial charge in [-0.1, -0.05) is 158 Å². The zero-order chi connectivity index (χ0) is 40.5. The van der Waals surface area contributed by atoms with E-state index in [1.165, 1.54) is 53.3 Å². The molecule has 288 valence electrons. The molecule has 0 saturated heterocycles. The molecular formula is C55H39N5Si. The number of para-hydroxylation sites is 5. The van der Waals surface area contributed by atoms with Crippen LogP contribution >= 0.6 is 0 Å². The van der Waals surface area contributed by atoms with Crippen molar-refractivity contribution < 1.29 is 0 Å². The fraction of sp³-hybridized carbons (Fsp3) is 0.0182. The smallest absolute Gasteiger partial charge is 0.182 e. The number of benzene rings is 8. The maximum Gasteiger partial charge on any atom is 0.182 e. The zero-order valence-corrected chi connectivity index (χ0v) is 34.5. The molecule has 0 N–H and O–H groups in total. The van der Waals surface area contributed by atoms with Gasteiger partial charge in [0.1, 0.15) is 11.6 Å². The first-order valence-electron chi connectivity index (χ1n) is 20.8. The highest BCUT2D eigenvalue weighted by molar-refractivity contribution is 7.20. The van der Waals surface area contributed by atoms with Crippen molar-refractivity contribution in [2.24, 2.45) is 7.05 Å². The third kappa shape index (κ3) is 5.19. The van der Waals surface area contributed by atoms with Crippen molar-refractivity contribution in [3.63, 3.8) is 0 Å². The van der Waals surface area contributed by atoms with Crippen molar-refractivity contribution >= 4 is 83.5 Å². The summed E-state index contributed by atoms with van der Waals surface area (Å²) in [5, 5.41) is 10.1. The minimum atomic E-state index is -3.29. The highest BCUT2D eigenvalue weighted by Gasteiger charge is 2.45. The fourth-order valence-corrected chi connectivity index (χ4v) is 15.1. The number of rotatable bonds is 7. The molecule has 0 saturated carbocycles. The Morgan fingerprint density at radius 1 is 0.443 bits per heavy atom. The van der Waals surface area contributed by atoms with Gasteiger partial charge in [-0.15, -0.1) is 0 Å². The number of aromatic nitrogens is 5. The van der Waals surface area contributed by atoms with E-state index in [9.17, 15) is 0 Å². The van der Waals surface area contributed by atoms with Crippen LogP contribution in [0.1, 0.15) is 0 Å². The van der Waals surface area contributed by atoms with Gasteiger partial charge in [0.15, 0.2) is 8.07 Å². The summed E-state index contributed by atoms with van der Waals surface area (Å²) in [7, 11) is -1.17. The van der Waals surface area contributed by atoms with Crippen LogP contribution < -0.4 is 20.7 Å². The van der Waals surface area contributed by atoms with Crippen molar-refractivity contribution in [3.05, 3.63) is 219 Å². The minimum Gasteiger partial charge on any atom is -0.327 e. The third-order valence-electron chi connectivity index (χ3n) is 12.6. The average molecular weight is 798 g/mol. The predicted octanol–water partition coefficient (Wildman–Crippen LogP) is 10.2. The SMILES string of the molecule is Cn1c(-c2cccc([Si](c3ccccc3)(c3ccccc3)c3cc4c(c5ccccc5n4-c4ccccn4)c4c5ccccc5n(-c5ccccc5)c34)c2)nc2ccccc21. The summed E-state index contributed by atoms with van der Waals surface area (Å²) in [5.41, 5.74) is 8.96. The van der Waals surface area contributed by atoms with E-state index in [0.717, 1.165) is 45.0 Å². The Labute approximate surface area is 354 Å². The largest absolute Gasteiger partial charge is 0.327 e. The molecule has 12 rings (SSSR count). The van der Waals surface area contributed by atoms with Crippen LogP contribution in [-0.4, -0.2) is 31.7 Å². The predicted molar refractivity (Wildman–Crippen MR) is 256 cm³/mol. The molecule has 4 heterocycles. The van der Waals surface area contributed by atoms with Crippen LogP contribution in [0.4, 0.5) is 0 Å². The van der Waals surface area contributed by atoms with E-state index in [0.29, 0.717) is 0 Å². The van der Waals surface area contributed by atoms with Gasteiger partial charge in [-0.2, -0.15) is 0 Å². The average Bonchev–Trinajstić information content (AvgIpc) is 3.98. The lowest BCUT2D eigenvalue weighted by molar-refractivity contribution is 0.959. The Kier molecular flexibility index (Phi) is 8.02. The van der Waals surface area contributed by atoms with Crippen molar-refractivity contribution in [1.29, 1.82) is 0 Å². The number of hydrogen-bond acceptors (Lipinski definition) is 2. The third-order valence-corrected chi connectivity index (χ3v) is 17.4. The molecule has 6 heteroatoms. The van der Waals surface area contributed by atoms with E-state index in [2.05, 4.69) is 227 Å². The van der Waals surface area contributed by atoms with Gasteiger partial charge >= 0.3 is 0 Å². The molecule has 5 nitrogen and oxygen atoms in total. The molecule has 0 atom stereocenters. The van der Waals surface area contributed by atoms with Crippen LogP contribution in [0.5, 0.6) is 0 Å². The molecule has 61 heavy (non-hydrogen) atoms. The quantitative estimate of drug-likeness (QED) is 0.119. The number of imidazole rings is 1. The lowest BCUT2D eigenvalue weighted by Crippen LogP contribution is -2.75. The normalized spacial score (nSPS) is 12.0. The maximum atomic E-state index is 5.23. The molecule has 0 bridgehead atoms. The van der Waals surface area contributed by atoms with Gasteiger partial charge < -0.3 is 9.13 Å². The molecule has 0 fully saturated rings. The summed E-state index contributed by atoms with van der Waals surface area (Å²) >= 11 is 0. The molecule has 0 amide bonds. The van der Waals surface area contributed by atoms with E-state index in [4.69, 9.17) is 9.97 Å². The summed E-state index contributed by atoms with van der Waals surface area (Å²) in [6, 6.07) is 77.7. The molecule has 0 spiro atoms. The van der Waals surface area contributed by atoms with Crippen LogP contribution in [0.2, 0.25) is 0 Å². The Hall–Kier alpha value is -7.80. The van der Waals surface area contributed by atoms with Gasteiger partial charge in [0.25, 0.3) is 0 Å². The summed E-state index contributed by atoms with van der Waals surface area (Å²) in [6.07, 6.45) is 1.90. The van der Waals surface area contributed by atoms with E-state index >= 15 is 0 Å². The fourth-order valence-electron chi connectivity index (χ4n) is 10.1. The number of hydrogen-bond donors (Lipinski definition) is 0.